The van der Waals surface area contributed by atoms with Crippen LogP contribution in [0.4, 0.5) is 4.39 Å². The van der Waals surface area contributed by atoms with Gasteiger partial charge in [0.1, 0.15) is 5.82 Å². The van der Waals surface area contributed by atoms with E-state index in [-0.39, 0.29) is 11.7 Å². The second-order valence-corrected chi connectivity index (χ2v) is 6.59. The molecule has 0 aliphatic carbocycles. The Morgan fingerprint density at radius 3 is 2.57 bits per heavy atom. The summed E-state index contributed by atoms with van der Waals surface area (Å²) < 4.78 is 13.4. The summed E-state index contributed by atoms with van der Waals surface area (Å²) in [7, 11) is 0. The van der Waals surface area contributed by atoms with E-state index in [0.717, 1.165) is 24.1 Å². The van der Waals surface area contributed by atoms with Gasteiger partial charge in [-0.15, -0.1) is 0 Å². The van der Waals surface area contributed by atoms with Gasteiger partial charge in [-0.2, -0.15) is 0 Å². The number of nitrogens with one attached hydrogen (secondary N) is 3. The molecule has 0 aromatic heterocycles. The lowest BCUT2D eigenvalue weighted by molar-refractivity contribution is 0.0953. The maximum absolute atomic E-state index is 13.4. The van der Waals surface area contributed by atoms with Crippen molar-refractivity contribution in [1.29, 1.82) is 0 Å². The Kier molecular flexibility index (Phi) is 8.46. The summed E-state index contributed by atoms with van der Waals surface area (Å²) in [6.45, 7) is 8.17. The van der Waals surface area contributed by atoms with E-state index >= 15 is 0 Å². The molecule has 0 saturated carbocycles. The van der Waals surface area contributed by atoms with E-state index in [1.165, 1.54) is 6.07 Å². The van der Waals surface area contributed by atoms with E-state index < -0.39 is 0 Å². The van der Waals surface area contributed by atoms with Crippen LogP contribution in [0.15, 0.2) is 47.5 Å². The van der Waals surface area contributed by atoms with E-state index in [0.29, 0.717) is 36.7 Å². The summed E-state index contributed by atoms with van der Waals surface area (Å²) in [5, 5.41) is 9.34. The number of carbonyl (C=O) groups excluding carboxylic acids is 1. The van der Waals surface area contributed by atoms with Crippen LogP contribution in [0.5, 0.6) is 0 Å². The maximum atomic E-state index is 13.4. The Hall–Kier alpha value is -2.89. The first-order chi connectivity index (χ1) is 13.5. The molecule has 0 fully saturated rings. The fraction of sp³-hybridized carbons (Fsp3) is 0.364. The first-order valence-corrected chi connectivity index (χ1v) is 9.67. The van der Waals surface area contributed by atoms with Crippen molar-refractivity contribution in [2.75, 3.05) is 13.1 Å². The van der Waals surface area contributed by atoms with Crippen LogP contribution >= 0.6 is 0 Å². The van der Waals surface area contributed by atoms with Crippen LogP contribution in [0, 0.1) is 12.7 Å². The number of amides is 1. The largest absolute Gasteiger partial charge is 0.357 e. The summed E-state index contributed by atoms with van der Waals surface area (Å²) in [5.41, 5.74) is 3.21. The lowest BCUT2D eigenvalue weighted by atomic mass is 10.1. The number of hydrogen-bond donors (Lipinski definition) is 3. The maximum Gasteiger partial charge on any atom is 0.251 e. The number of nitrogens with zero attached hydrogens (tertiary/aromatic N) is 1. The molecule has 1 amide bonds. The second-order valence-electron chi connectivity index (χ2n) is 6.59. The number of carbonyl (C=O) groups is 1. The minimum atomic E-state index is -0.202. The third-order valence-electron chi connectivity index (χ3n) is 4.17. The Morgan fingerprint density at radius 1 is 1.04 bits per heavy atom. The number of aryl methyl sites for hydroxylation is 1. The number of halogens is 1. The van der Waals surface area contributed by atoms with Crippen molar-refractivity contribution in [2.45, 2.75) is 40.3 Å². The number of rotatable bonds is 8. The van der Waals surface area contributed by atoms with Gasteiger partial charge < -0.3 is 16.0 Å². The molecule has 150 valence electrons. The molecule has 0 unspecified atom stereocenters. The Morgan fingerprint density at radius 2 is 1.86 bits per heavy atom. The van der Waals surface area contributed by atoms with Crippen LogP contribution in [-0.4, -0.2) is 25.0 Å². The number of guanidine groups is 1. The Balaban J connectivity index is 2.01. The van der Waals surface area contributed by atoms with Gasteiger partial charge in [-0.25, -0.2) is 9.38 Å². The molecule has 0 spiro atoms. The fourth-order valence-electron chi connectivity index (χ4n) is 2.67. The summed E-state index contributed by atoms with van der Waals surface area (Å²) in [6.07, 6.45) is 0.904. The predicted octanol–water partition coefficient (Wildman–Crippen LogP) is 3.53. The van der Waals surface area contributed by atoms with Gasteiger partial charge in [0.25, 0.3) is 5.91 Å². The zero-order valence-corrected chi connectivity index (χ0v) is 16.8. The monoisotopic (exact) mass is 384 g/mol. The fourth-order valence-corrected chi connectivity index (χ4v) is 2.67. The van der Waals surface area contributed by atoms with E-state index in [9.17, 15) is 9.18 Å². The molecule has 0 bridgehead atoms. The Bertz CT molecular complexity index is 820. The van der Waals surface area contributed by atoms with Crippen molar-refractivity contribution in [3.8, 4) is 0 Å². The van der Waals surface area contributed by atoms with Crippen molar-refractivity contribution in [3.05, 3.63) is 70.5 Å². The number of benzene rings is 2. The molecule has 0 aliphatic rings. The molecule has 0 atom stereocenters. The van der Waals surface area contributed by atoms with Gasteiger partial charge in [-0.05, 0) is 55.2 Å². The van der Waals surface area contributed by atoms with Crippen molar-refractivity contribution >= 4 is 11.9 Å². The summed E-state index contributed by atoms with van der Waals surface area (Å²) in [5.74, 6) is 0.405. The van der Waals surface area contributed by atoms with Crippen LogP contribution in [0.2, 0.25) is 0 Å². The van der Waals surface area contributed by atoms with Crippen LogP contribution < -0.4 is 16.0 Å². The van der Waals surface area contributed by atoms with Crippen LogP contribution in [0.1, 0.15) is 47.3 Å². The molecule has 0 aliphatic heterocycles. The number of aliphatic imine (C=N–C) groups is 1. The van der Waals surface area contributed by atoms with Gasteiger partial charge in [0.2, 0.25) is 0 Å². The standard InChI is InChI=1S/C22H29FN4O/c1-4-11-25-21(28)19-8-6-7-17(13-19)14-26-22(24-5-2)27-15-18-9-10-20(23)16(3)12-18/h6-10,12-13H,4-5,11,14-15H2,1-3H3,(H,25,28)(H2,24,26,27). The van der Waals surface area contributed by atoms with Gasteiger partial charge in [-0.1, -0.05) is 31.2 Å². The molecular weight excluding hydrogens is 355 g/mol. The van der Waals surface area contributed by atoms with Gasteiger partial charge in [0, 0.05) is 25.2 Å². The quantitative estimate of drug-likeness (QED) is 0.482. The first-order valence-electron chi connectivity index (χ1n) is 9.67. The molecule has 5 nitrogen and oxygen atoms in total. The van der Waals surface area contributed by atoms with Crippen molar-refractivity contribution in [3.63, 3.8) is 0 Å². The van der Waals surface area contributed by atoms with Gasteiger partial charge in [0.15, 0.2) is 5.96 Å². The molecular formula is C22H29FN4O. The van der Waals surface area contributed by atoms with Gasteiger partial charge in [-0.3, -0.25) is 4.79 Å². The predicted molar refractivity (Wildman–Crippen MR) is 112 cm³/mol. The van der Waals surface area contributed by atoms with E-state index in [4.69, 9.17) is 0 Å². The van der Waals surface area contributed by atoms with Gasteiger partial charge in [0.05, 0.1) is 6.54 Å². The SMILES string of the molecule is CCCNC(=O)c1cccc(CN=C(NCC)NCc2ccc(F)c(C)c2)c1. The van der Waals surface area contributed by atoms with Crippen LogP contribution in [0.3, 0.4) is 0 Å². The normalized spacial score (nSPS) is 11.2. The highest BCUT2D eigenvalue weighted by Gasteiger charge is 2.06. The van der Waals surface area contributed by atoms with Crippen molar-refractivity contribution in [1.82, 2.24) is 16.0 Å². The van der Waals surface area contributed by atoms with Crippen molar-refractivity contribution < 1.29 is 9.18 Å². The molecule has 0 saturated heterocycles. The highest BCUT2D eigenvalue weighted by Crippen LogP contribution is 2.09. The average molecular weight is 384 g/mol. The molecule has 6 heteroatoms. The molecule has 0 heterocycles. The molecule has 2 rings (SSSR count). The zero-order valence-electron chi connectivity index (χ0n) is 16.8. The van der Waals surface area contributed by atoms with E-state index in [1.54, 1.807) is 19.1 Å². The minimum Gasteiger partial charge on any atom is -0.357 e. The first kappa shape index (κ1) is 21.4. The van der Waals surface area contributed by atoms with Crippen molar-refractivity contribution in [2.24, 2.45) is 4.99 Å². The summed E-state index contributed by atoms with van der Waals surface area (Å²) >= 11 is 0. The second kappa shape index (κ2) is 11.1. The molecule has 2 aromatic rings. The third kappa shape index (κ3) is 6.68. The summed E-state index contributed by atoms with van der Waals surface area (Å²) in [4.78, 5) is 16.7. The smallest absolute Gasteiger partial charge is 0.251 e. The van der Waals surface area contributed by atoms with Gasteiger partial charge >= 0.3 is 0 Å². The molecule has 3 N–H and O–H groups in total. The molecule has 0 radical (unpaired) electrons. The number of hydrogen-bond acceptors (Lipinski definition) is 2. The third-order valence-corrected chi connectivity index (χ3v) is 4.17. The average Bonchev–Trinajstić information content (AvgIpc) is 2.71. The van der Waals surface area contributed by atoms with Crippen LogP contribution in [-0.2, 0) is 13.1 Å². The van der Waals surface area contributed by atoms with E-state index in [2.05, 4.69) is 20.9 Å². The molecule has 28 heavy (non-hydrogen) atoms. The highest BCUT2D eigenvalue weighted by molar-refractivity contribution is 5.94. The molecule has 2 aromatic carbocycles. The highest BCUT2D eigenvalue weighted by atomic mass is 19.1. The lowest BCUT2D eigenvalue weighted by Crippen LogP contribution is -2.36. The summed E-state index contributed by atoms with van der Waals surface area (Å²) in [6, 6.07) is 12.5. The zero-order chi connectivity index (χ0) is 20.4. The lowest BCUT2D eigenvalue weighted by Gasteiger charge is -2.12. The Labute approximate surface area is 166 Å². The topological polar surface area (TPSA) is 65.5 Å². The minimum absolute atomic E-state index is 0.0654. The van der Waals surface area contributed by atoms with E-state index in [1.807, 2.05) is 38.1 Å². The van der Waals surface area contributed by atoms with Crippen LogP contribution in [0.25, 0.3) is 0 Å².